The fourth-order valence-corrected chi connectivity index (χ4v) is 2.96. The smallest absolute Gasteiger partial charge is 0.0593 e. The predicted molar refractivity (Wildman–Crippen MR) is 87.2 cm³/mol. The summed E-state index contributed by atoms with van der Waals surface area (Å²) in [6.07, 6.45) is 3.73. The van der Waals surface area contributed by atoms with Gasteiger partial charge in [0.15, 0.2) is 0 Å². The van der Waals surface area contributed by atoms with E-state index in [9.17, 15) is 0 Å². The lowest BCUT2D eigenvalue weighted by molar-refractivity contribution is 0.0463. The molecule has 20 heavy (non-hydrogen) atoms. The number of nitrogens with zero attached hydrogens (tertiary/aromatic N) is 1. The second-order valence-electron chi connectivity index (χ2n) is 7.00. The number of hydrogen-bond donors (Lipinski definition) is 1. The van der Waals surface area contributed by atoms with E-state index in [4.69, 9.17) is 4.74 Å². The van der Waals surface area contributed by atoms with Crippen molar-refractivity contribution in [3.05, 3.63) is 0 Å². The maximum Gasteiger partial charge on any atom is 0.0593 e. The lowest BCUT2D eigenvalue weighted by Gasteiger charge is -2.42. The molecule has 0 aromatic heterocycles. The molecule has 1 rings (SSSR count). The van der Waals surface area contributed by atoms with Gasteiger partial charge in [-0.15, -0.1) is 0 Å². The second-order valence-corrected chi connectivity index (χ2v) is 7.00. The Hall–Kier alpha value is -0.120. The van der Waals surface area contributed by atoms with Crippen LogP contribution in [0.1, 0.15) is 53.9 Å². The standard InChI is InChI=1S/C17H36N2O/c1-6-7-16-13-19(17(12-18-16)15(4)5)9-11-20-10-8-14(2)3/h14-18H,6-13H2,1-5H3. The van der Waals surface area contributed by atoms with E-state index in [0.29, 0.717) is 18.0 Å². The Morgan fingerprint density at radius 2 is 1.95 bits per heavy atom. The molecule has 0 saturated carbocycles. The minimum atomic E-state index is 0.664. The van der Waals surface area contributed by atoms with E-state index in [1.165, 1.54) is 25.8 Å². The fraction of sp³-hybridized carbons (Fsp3) is 1.00. The quantitative estimate of drug-likeness (QED) is 0.658. The van der Waals surface area contributed by atoms with Crippen LogP contribution in [0.15, 0.2) is 0 Å². The lowest BCUT2D eigenvalue weighted by atomic mass is 9.97. The minimum absolute atomic E-state index is 0.664. The SMILES string of the molecule is CCCC1CN(CCOCCC(C)C)C(C(C)C)CN1. The zero-order valence-corrected chi connectivity index (χ0v) is 14.3. The highest BCUT2D eigenvalue weighted by Crippen LogP contribution is 2.16. The molecule has 1 heterocycles. The summed E-state index contributed by atoms with van der Waals surface area (Å²) in [4.78, 5) is 2.65. The third-order valence-electron chi connectivity index (χ3n) is 4.31. The molecular formula is C17H36N2O. The second kappa shape index (κ2) is 9.75. The van der Waals surface area contributed by atoms with Gasteiger partial charge in [-0.2, -0.15) is 0 Å². The number of hydrogen-bond acceptors (Lipinski definition) is 3. The van der Waals surface area contributed by atoms with Crippen molar-refractivity contribution in [2.75, 3.05) is 32.8 Å². The molecular weight excluding hydrogens is 248 g/mol. The zero-order valence-electron chi connectivity index (χ0n) is 14.3. The molecule has 2 unspecified atom stereocenters. The first-order valence-corrected chi connectivity index (χ1v) is 8.59. The van der Waals surface area contributed by atoms with E-state index in [0.717, 1.165) is 32.2 Å². The third-order valence-corrected chi connectivity index (χ3v) is 4.31. The lowest BCUT2D eigenvalue weighted by Crippen LogP contribution is -2.58. The van der Waals surface area contributed by atoms with E-state index < -0.39 is 0 Å². The van der Waals surface area contributed by atoms with Crippen molar-refractivity contribution in [2.45, 2.75) is 66.0 Å². The van der Waals surface area contributed by atoms with Gasteiger partial charge in [-0.3, -0.25) is 4.90 Å². The summed E-state index contributed by atoms with van der Waals surface area (Å²) >= 11 is 0. The van der Waals surface area contributed by atoms with Crippen molar-refractivity contribution in [2.24, 2.45) is 11.8 Å². The monoisotopic (exact) mass is 284 g/mol. The van der Waals surface area contributed by atoms with Crippen LogP contribution in [0.3, 0.4) is 0 Å². The molecule has 120 valence electrons. The molecule has 3 nitrogen and oxygen atoms in total. The molecule has 1 saturated heterocycles. The summed E-state index contributed by atoms with van der Waals surface area (Å²) in [5, 5.41) is 3.72. The predicted octanol–water partition coefficient (Wildman–Crippen LogP) is 3.15. The Balaban J connectivity index is 2.32. The molecule has 2 atom stereocenters. The largest absolute Gasteiger partial charge is 0.380 e. The Kier molecular flexibility index (Phi) is 8.74. The van der Waals surface area contributed by atoms with E-state index >= 15 is 0 Å². The summed E-state index contributed by atoms with van der Waals surface area (Å²) in [7, 11) is 0. The van der Waals surface area contributed by atoms with Crippen LogP contribution in [0.25, 0.3) is 0 Å². The van der Waals surface area contributed by atoms with Crippen LogP contribution in [0.4, 0.5) is 0 Å². The van der Waals surface area contributed by atoms with Gasteiger partial charge in [-0.1, -0.05) is 41.0 Å². The van der Waals surface area contributed by atoms with Gasteiger partial charge in [0.2, 0.25) is 0 Å². The Labute approximate surface area is 126 Å². The van der Waals surface area contributed by atoms with Crippen LogP contribution in [0.5, 0.6) is 0 Å². The van der Waals surface area contributed by atoms with Gasteiger partial charge >= 0.3 is 0 Å². The van der Waals surface area contributed by atoms with Crippen molar-refractivity contribution in [3.8, 4) is 0 Å². The van der Waals surface area contributed by atoms with Crippen LogP contribution < -0.4 is 5.32 Å². The molecule has 0 amide bonds. The van der Waals surface area contributed by atoms with Crippen LogP contribution in [-0.4, -0.2) is 49.8 Å². The zero-order chi connectivity index (χ0) is 15.0. The van der Waals surface area contributed by atoms with Crippen LogP contribution in [0.2, 0.25) is 0 Å². The van der Waals surface area contributed by atoms with Crippen molar-refractivity contribution in [1.82, 2.24) is 10.2 Å². The normalized spacial score (nSPS) is 24.8. The highest BCUT2D eigenvalue weighted by atomic mass is 16.5. The fourth-order valence-electron chi connectivity index (χ4n) is 2.96. The van der Waals surface area contributed by atoms with Gasteiger partial charge in [0.05, 0.1) is 6.61 Å². The number of rotatable bonds is 9. The van der Waals surface area contributed by atoms with E-state index in [1.807, 2.05) is 0 Å². The van der Waals surface area contributed by atoms with Gasteiger partial charge < -0.3 is 10.1 Å². The summed E-state index contributed by atoms with van der Waals surface area (Å²) in [6, 6.07) is 1.34. The molecule has 3 heteroatoms. The van der Waals surface area contributed by atoms with Crippen molar-refractivity contribution in [1.29, 1.82) is 0 Å². The number of piperazine rings is 1. The van der Waals surface area contributed by atoms with Gasteiger partial charge in [0, 0.05) is 38.3 Å². The van der Waals surface area contributed by atoms with E-state index in [2.05, 4.69) is 44.8 Å². The van der Waals surface area contributed by atoms with Crippen molar-refractivity contribution in [3.63, 3.8) is 0 Å². The van der Waals surface area contributed by atoms with Crippen LogP contribution in [-0.2, 0) is 4.74 Å². The van der Waals surface area contributed by atoms with Crippen LogP contribution >= 0.6 is 0 Å². The molecule has 0 aromatic rings. The molecule has 0 aliphatic carbocycles. The first-order chi connectivity index (χ1) is 9.54. The van der Waals surface area contributed by atoms with Gasteiger partial charge in [-0.25, -0.2) is 0 Å². The van der Waals surface area contributed by atoms with Gasteiger partial charge in [0.25, 0.3) is 0 Å². The first kappa shape index (κ1) is 17.9. The summed E-state index contributed by atoms with van der Waals surface area (Å²) in [5.74, 6) is 1.45. The number of ether oxygens (including phenoxy) is 1. The van der Waals surface area contributed by atoms with Crippen molar-refractivity contribution < 1.29 is 4.74 Å². The third kappa shape index (κ3) is 6.55. The highest BCUT2D eigenvalue weighted by molar-refractivity contribution is 4.87. The maximum absolute atomic E-state index is 5.81. The Morgan fingerprint density at radius 3 is 2.55 bits per heavy atom. The molecule has 0 bridgehead atoms. The topological polar surface area (TPSA) is 24.5 Å². The summed E-state index contributed by atoms with van der Waals surface area (Å²) in [5.41, 5.74) is 0. The number of nitrogens with one attached hydrogen (secondary N) is 1. The first-order valence-electron chi connectivity index (χ1n) is 8.59. The molecule has 1 aliphatic heterocycles. The average Bonchev–Trinajstić information content (AvgIpc) is 2.38. The van der Waals surface area contributed by atoms with E-state index in [1.54, 1.807) is 0 Å². The maximum atomic E-state index is 5.81. The molecule has 1 aliphatic rings. The Bertz CT molecular complexity index is 243. The van der Waals surface area contributed by atoms with Crippen LogP contribution in [0, 0.1) is 11.8 Å². The van der Waals surface area contributed by atoms with E-state index in [-0.39, 0.29) is 0 Å². The van der Waals surface area contributed by atoms with Gasteiger partial charge in [0.1, 0.15) is 0 Å². The Morgan fingerprint density at radius 1 is 1.20 bits per heavy atom. The molecule has 0 aromatic carbocycles. The highest BCUT2D eigenvalue weighted by Gasteiger charge is 2.28. The summed E-state index contributed by atoms with van der Waals surface area (Å²) in [6.45, 7) is 16.6. The molecule has 1 fully saturated rings. The minimum Gasteiger partial charge on any atom is -0.380 e. The molecule has 0 radical (unpaired) electrons. The molecule has 0 spiro atoms. The summed E-state index contributed by atoms with van der Waals surface area (Å²) < 4.78 is 5.81. The van der Waals surface area contributed by atoms with Crippen molar-refractivity contribution >= 4 is 0 Å². The molecule has 1 N–H and O–H groups in total. The van der Waals surface area contributed by atoms with Gasteiger partial charge in [-0.05, 0) is 24.7 Å². The average molecular weight is 284 g/mol.